The first kappa shape index (κ1) is 28.3. The molecule has 1 aliphatic heterocycles. The van der Waals surface area contributed by atoms with Gasteiger partial charge >= 0.3 is 0 Å². The molecule has 0 bridgehead atoms. The third-order valence-electron chi connectivity index (χ3n) is 7.47. The van der Waals surface area contributed by atoms with E-state index in [0.717, 1.165) is 0 Å². The molecule has 1 heterocycles. The fourth-order valence-electron chi connectivity index (χ4n) is 5.35. The highest BCUT2D eigenvalue weighted by atomic mass is 16.7. The lowest BCUT2D eigenvalue weighted by molar-refractivity contribution is -0.277. The van der Waals surface area contributed by atoms with Gasteiger partial charge in [-0.05, 0) is 41.0 Å². The molecule has 0 radical (unpaired) electrons. The zero-order chi connectivity index (χ0) is 27.8. The number of hydrogen-bond acceptors (Lipinski definition) is 12. The Balaban J connectivity index is 1.74. The van der Waals surface area contributed by atoms with Crippen LogP contribution < -0.4 is 14.2 Å². The van der Waals surface area contributed by atoms with Crippen LogP contribution >= 0.6 is 0 Å². The topological polar surface area (TPSA) is 199 Å². The molecular formula is C26H34O12. The quantitative estimate of drug-likeness (QED) is 0.196. The van der Waals surface area contributed by atoms with E-state index in [0.29, 0.717) is 16.7 Å². The van der Waals surface area contributed by atoms with Gasteiger partial charge in [0.25, 0.3) is 0 Å². The Bertz CT molecular complexity index is 1120. The van der Waals surface area contributed by atoms with E-state index in [2.05, 4.69) is 0 Å². The van der Waals surface area contributed by atoms with Crippen LogP contribution in [-0.4, -0.2) is 111 Å². The summed E-state index contributed by atoms with van der Waals surface area (Å²) in [5.74, 6) is -1.13. The first-order valence-electron chi connectivity index (χ1n) is 12.1. The summed E-state index contributed by atoms with van der Waals surface area (Å²) < 4.78 is 21.9. The van der Waals surface area contributed by atoms with Gasteiger partial charge in [0.2, 0.25) is 6.29 Å². The highest BCUT2D eigenvalue weighted by Gasteiger charge is 2.48. The first-order chi connectivity index (χ1) is 18.1. The van der Waals surface area contributed by atoms with Crippen molar-refractivity contribution < 1.29 is 59.8 Å². The summed E-state index contributed by atoms with van der Waals surface area (Å²) >= 11 is 0. The summed E-state index contributed by atoms with van der Waals surface area (Å²) in [6.45, 7) is -1.70. The Morgan fingerprint density at radius 2 is 1.61 bits per heavy atom. The van der Waals surface area contributed by atoms with E-state index in [-0.39, 0.29) is 29.4 Å². The third-order valence-corrected chi connectivity index (χ3v) is 7.47. The molecule has 8 atom stereocenters. The van der Waals surface area contributed by atoms with Gasteiger partial charge in [-0.25, -0.2) is 0 Å². The number of fused-ring (bicyclic) bond motifs is 1. The highest BCUT2D eigenvalue weighted by Crippen LogP contribution is 2.49. The minimum absolute atomic E-state index is 0.00640. The molecule has 0 amide bonds. The number of aromatic hydroxyl groups is 1. The minimum Gasteiger partial charge on any atom is -0.504 e. The summed E-state index contributed by atoms with van der Waals surface area (Å²) in [4.78, 5) is 0. The summed E-state index contributed by atoms with van der Waals surface area (Å²) in [5.41, 5.74) is 0.117. The van der Waals surface area contributed by atoms with Gasteiger partial charge in [0.05, 0.1) is 33.0 Å². The van der Waals surface area contributed by atoms with Gasteiger partial charge < -0.3 is 59.8 Å². The number of aliphatic hydroxyl groups is 7. The lowest BCUT2D eigenvalue weighted by Gasteiger charge is -2.44. The van der Waals surface area contributed by atoms with E-state index in [1.807, 2.05) is 0 Å². The van der Waals surface area contributed by atoms with Crippen molar-refractivity contribution in [2.75, 3.05) is 34.0 Å². The summed E-state index contributed by atoms with van der Waals surface area (Å²) in [5, 5.41) is 81.8. The maximum absolute atomic E-state index is 11.3. The lowest BCUT2D eigenvalue weighted by Crippen LogP contribution is -2.60. The molecule has 2 aromatic rings. The predicted molar refractivity (Wildman–Crippen MR) is 130 cm³/mol. The standard InChI is InChI=1S/C26H34O12/c1-35-18-7-14-13(5-16(18)30)8-26(34,11-29)15(9-27)21(14)12-3-4-17(19(6-12)36-2)37-25-24(33)23(32)22(31)20(10-28)38-25/h3-7,15,20-25,27-34H,8-11H2,1-2H3/t15-,20+,21-,22-,23-,24-,25+,26+/m1/s1. The largest absolute Gasteiger partial charge is 0.504 e. The molecule has 1 aliphatic carbocycles. The second kappa shape index (κ2) is 11.2. The molecule has 1 fully saturated rings. The van der Waals surface area contributed by atoms with Gasteiger partial charge in [0.1, 0.15) is 24.4 Å². The van der Waals surface area contributed by atoms with E-state index >= 15 is 0 Å². The maximum Gasteiger partial charge on any atom is 0.229 e. The van der Waals surface area contributed by atoms with Crippen LogP contribution in [0, 0.1) is 5.92 Å². The van der Waals surface area contributed by atoms with Crippen LogP contribution in [0.2, 0.25) is 0 Å². The fourth-order valence-corrected chi connectivity index (χ4v) is 5.35. The first-order valence-corrected chi connectivity index (χ1v) is 12.1. The van der Waals surface area contributed by atoms with Crippen LogP contribution in [0.3, 0.4) is 0 Å². The summed E-state index contributed by atoms with van der Waals surface area (Å²) in [6, 6.07) is 7.83. The van der Waals surface area contributed by atoms with Crippen LogP contribution in [0.15, 0.2) is 30.3 Å². The molecule has 0 aromatic heterocycles. The zero-order valence-corrected chi connectivity index (χ0v) is 21.0. The minimum atomic E-state index is -1.69. The number of rotatable bonds is 8. The zero-order valence-electron chi connectivity index (χ0n) is 21.0. The van der Waals surface area contributed by atoms with Crippen molar-refractivity contribution in [3.63, 3.8) is 0 Å². The maximum atomic E-state index is 11.3. The Labute approximate surface area is 218 Å². The number of ether oxygens (including phenoxy) is 4. The number of phenolic OH excluding ortho intramolecular Hbond substituents is 1. The van der Waals surface area contributed by atoms with Gasteiger partial charge in [-0.15, -0.1) is 0 Å². The Hall–Kier alpha value is -2.68. The summed E-state index contributed by atoms with van der Waals surface area (Å²) in [7, 11) is 2.78. The second-order valence-corrected chi connectivity index (χ2v) is 9.65. The van der Waals surface area contributed by atoms with Crippen molar-refractivity contribution in [1.29, 1.82) is 0 Å². The van der Waals surface area contributed by atoms with Crippen LogP contribution in [0.1, 0.15) is 22.6 Å². The van der Waals surface area contributed by atoms with Crippen molar-refractivity contribution in [3.05, 3.63) is 47.0 Å². The van der Waals surface area contributed by atoms with Crippen molar-refractivity contribution >= 4 is 0 Å². The molecule has 2 aliphatic rings. The molecule has 0 saturated carbocycles. The average Bonchev–Trinajstić information content (AvgIpc) is 2.92. The number of phenols is 1. The van der Waals surface area contributed by atoms with Gasteiger partial charge in [-0.2, -0.15) is 0 Å². The molecule has 210 valence electrons. The molecule has 38 heavy (non-hydrogen) atoms. The van der Waals surface area contributed by atoms with E-state index < -0.39 is 68.0 Å². The average molecular weight is 539 g/mol. The van der Waals surface area contributed by atoms with Crippen LogP contribution in [0.25, 0.3) is 0 Å². The molecule has 0 unspecified atom stereocenters. The van der Waals surface area contributed by atoms with E-state index in [1.165, 1.54) is 26.4 Å². The summed E-state index contributed by atoms with van der Waals surface area (Å²) in [6.07, 6.45) is -7.38. The van der Waals surface area contributed by atoms with E-state index in [1.54, 1.807) is 18.2 Å². The fraction of sp³-hybridized carbons (Fsp3) is 0.538. The molecule has 4 rings (SSSR count). The number of hydrogen-bond donors (Lipinski definition) is 8. The molecule has 12 nitrogen and oxygen atoms in total. The van der Waals surface area contributed by atoms with Crippen LogP contribution in [-0.2, 0) is 11.2 Å². The van der Waals surface area contributed by atoms with Gasteiger partial charge in [-0.3, -0.25) is 0 Å². The van der Waals surface area contributed by atoms with Crippen molar-refractivity contribution in [1.82, 2.24) is 0 Å². The van der Waals surface area contributed by atoms with Gasteiger partial charge in [-0.1, -0.05) is 6.07 Å². The molecular weight excluding hydrogens is 504 g/mol. The van der Waals surface area contributed by atoms with Gasteiger partial charge in [0, 0.05) is 24.9 Å². The normalized spacial score (nSPS) is 32.9. The molecule has 0 spiro atoms. The second-order valence-electron chi connectivity index (χ2n) is 9.65. The van der Waals surface area contributed by atoms with Gasteiger partial charge in [0.15, 0.2) is 23.0 Å². The SMILES string of the molecule is COc1cc2c(cc1O)C[C@](O)(CO)[C@H](CO)[C@@H]2c1ccc(O[C@H]2O[C@@H](CO)[C@@H](O)[C@@H](O)[C@H]2O)c(OC)c1. The Kier molecular flexibility index (Phi) is 8.35. The third kappa shape index (κ3) is 4.90. The highest BCUT2D eigenvalue weighted by molar-refractivity contribution is 5.54. The number of benzene rings is 2. The molecule has 1 saturated heterocycles. The van der Waals surface area contributed by atoms with Crippen LogP contribution in [0.5, 0.6) is 23.0 Å². The van der Waals surface area contributed by atoms with Crippen molar-refractivity contribution in [3.8, 4) is 23.0 Å². The number of methoxy groups -OCH3 is 2. The van der Waals surface area contributed by atoms with E-state index in [4.69, 9.17) is 18.9 Å². The predicted octanol–water partition coefficient (Wildman–Crippen LogP) is -1.39. The number of aliphatic hydroxyl groups excluding tert-OH is 6. The Morgan fingerprint density at radius 3 is 2.21 bits per heavy atom. The van der Waals surface area contributed by atoms with Crippen molar-refractivity contribution in [2.45, 2.75) is 48.6 Å². The Morgan fingerprint density at radius 1 is 0.895 bits per heavy atom. The molecule has 2 aromatic carbocycles. The van der Waals surface area contributed by atoms with Crippen molar-refractivity contribution in [2.24, 2.45) is 5.92 Å². The van der Waals surface area contributed by atoms with E-state index in [9.17, 15) is 40.9 Å². The molecule has 8 N–H and O–H groups in total. The lowest BCUT2D eigenvalue weighted by atomic mass is 9.64. The monoisotopic (exact) mass is 538 g/mol. The smallest absolute Gasteiger partial charge is 0.229 e. The van der Waals surface area contributed by atoms with Crippen LogP contribution in [0.4, 0.5) is 0 Å². The molecule has 12 heteroatoms.